The third-order valence-corrected chi connectivity index (χ3v) is 9.74. The van der Waals surface area contributed by atoms with E-state index in [1.165, 1.54) is 48.5 Å². The lowest BCUT2D eigenvalue weighted by Gasteiger charge is -2.28. The van der Waals surface area contributed by atoms with Gasteiger partial charge in [0.05, 0.1) is 24.3 Å². The Morgan fingerprint density at radius 3 is 2.19 bits per heavy atom. The van der Waals surface area contributed by atoms with Crippen molar-refractivity contribution < 1.29 is 42.1 Å². The van der Waals surface area contributed by atoms with Gasteiger partial charge in [0.15, 0.2) is 17.1 Å². The minimum Gasteiger partial charge on any atom is -0.508 e. The molecule has 1 atom stereocenters. The van der Waals surface area contributed by atoms with E-state index in [4.69, 9.17) is 31.9 Å². The maximum atomic E-state index is 13.8. The predicted octanol–water partition coefficient (Wildman–Crippen LogP) is 7.23. The number of hydrogen-bond acceptors (Lipinski definition) is 13. The SMILES string of the molecule is CCOc1cccc2c(COC3Oc4ccc(Cc5cc(=O)oc6cc(O)ccc56)cc4-c4oc(=O)c(Cc5cc(=O)oc6ccc(O)cc56)cc43)cc(=O)oc12. The quantitative estimate of drug-likeness (QED) is 0.140. The Morgan fingerprint density at radius 2 is 1.37 bits per heavy atom. The van der Waals surface area contributed by atoms with Crippen LogP contribution >= 0.6 is 0 Å². The van der Waals surface area contributed by atoms with E-state index in [2.05, 4.69) is 0 Å². The summed E-state index contributed by atoms with van der Waals surface area (Å²) in [6.45, 7) is 2.06. The Kier molecular flexibility index (Phi) is 8.70. The fourth-order valence-electron chi connectivity index (χ4n) is 7.24. The van der Waals surface area contributed by atoms with Gasteiger partial charge in [-0.05, 0) is 90.2 Å². The first-order valence-electron chi connectivity index (χ1n) is 17.9. The van der Waals surface area contributed by atoms with Gasteiger partial charge in [0.1, 0.15) is 28.4 Å². The van der Waals surface area contributed by atoms with Crippen molar-refractivity contribution in [1.82, 2.24) is 0 Å². The highest BCUT2D eigenvalue weighted by Crippen LogP contribution is 2.44. The first-order chi connectivity index (χ1) is 27.6. The molecule has 57 heavy (non-hydrogen) atoms. The molecule has 284 valence electrons. The summed E-state index contributed by atoms with van der Waals surface area (Å²) in [6.07, 6.45) is -0.928. The van der Waals surface area contributed by atoms with E-state index in [-0.39, 0.29) is 59.0 Å². The minimum atomic E-state index is -1.14. The number of rotatable bonds is 9. The van der Waals surface area contributed by atoms with Gasteiger partial charge in [-0.3, -0.25) is 0 Å². The molecule has 0 radical (unpaired) electrons. The lowest BCUT2D eigenvalue weighted by Crippen LogP contribution is -2.21. The monoisotopic (exact) mass is 766 g/mol. The number of hydrogen-bond donors (Lipinski definition) is 2. The summed E-state index contributed by atoms with van der Waals surface area (Å²) in [4.78, 5) is 51.5. The molecule has 5 heterocycles. The summed E-state index contributed by atoms with van der Waals surface area (Å²) in [5, 5.41) is 21.8. The fraction of sp³-hybridized carbons (Fsp3) is 0.136. The van der Waals surface area contributed by atoms with Gasteiger partial charge in [0.2, 0.25) is 6.29 Å². The molecule has 9 rings (SSSR count). The van der Waals surface area contributed by atoms with Crippen molar-refractivity contribution in [2.24, 2.45) is 0 Å². The molecule has 1 unspecified atom stereocenters. The van der Waals surface area contributed by atoms with Crippen LogP contribution in [0, 0.1) is 0 Å². The molecule has 4 aromatic heterocycles. The van der Waals surface area contributed by atoms with Crippen LogP contribution in [-0.4, -0.2) is 16.8 Å². The van der Waals surface area contributed by atoms with Gasteiger partial charge in [0.25, 0.3) is 0 Å². The molecular weight excluding hydrogens is 736 g/mol. The molecule has 13 nitrogen and oxygen atoms in total. The second-order valence-electron chi connectivity index (χ2n) is 13.5. The average molecular weight is 767 g/mol. The average Bonchev–Trinajstić information content (AvgIpc) is 3.17. The summed E-state index contributed by atoms with van der Waals surface area (Å²) >= 11 is 0. The molecule has 0 saturated carbocycles. The zero-order chi connectivity index (χ0) is 39.4. The van der Waals surface area contributed by atoms with Gasteiger partial charge in [-0.25, -0.2) is 19.2 Å². The number of phenols is 2. The lowest BCUT2D eigenvalue weighted by atomic mass is 9.95. The number of benzene rings is 4. The standard InChI is InChI=1S/C44H30O13/c1-2-51-36-5-3-4-30-26(18-40(49)56-42(30)36)21-52-44-33-15-25(14-24-17-38(47)53-34-11-8-27(45)19-31(24)34)43(50)57-41(33)32-13-22(6-10-35(32)55-44)12-23-16-39(48)54-37-20-28(46)7-9-29(23)37/h3-11,13,15-20,44-46H,2,12,14,21H2,1H3. The topological polar surface area (TPSA) is 189 Å². The number of fused-ring (bicyclic) bond motifs is 6. The second kappa shape index (κ2) is 14.0. The summed E-state index contributed by atoms with van der Waals surface area (Å²) in [7, 11) is 0. The Labute approximate surface area is 320 Å². The first kappa shape index (κ1) is 35.3. The van der Waals surface area contributed by atoms with Crippen LogP contribution in [0.2, 0.25) is 0 Å². The van der Waals surface area contributed by atoms with E-state index in [1.807, 2.05) is 6.92 Å². The first-order valence-corrected chi connectivity index (χ1v) is 17.9. The summed E-state index contributed by atoms with van der Waals surface area (Å²) < 4.78 is 40.7. The number of para-hydroxylation sites is 1. The van der Waals surface area contributed by atoms with Crippen LogP contribution in [-0.2, 0) is 24.2 Å². The Bertz CT molecular complexity index is 3150. The Hall–Kier alpha value is -7.38. The highest BCUT2D eigenvalue weighted by atomic mass is 16.7. The Balaban J connectivity index is 1.13. The van der Waals surface area contributed by atoms with Crippen LogP contribution in [0.5, 0.6) is 23.0 Å². The normalized spacial score (nSPS) is 13.4. The van der Waals surface area contributed by atoms with Gasteiger partial charge < -0.3 is 42.1 Å². The zero-order valence-corrected chi connectivity index (χ0v) is 30.0. The molecule has 0 amide bonds. The zero-order valence-electron chi connectivity index (χ0n) is 30.0. The highest BCUT2D eigenvalue weighted by Gasteiger charge is 2.31. The molecule has 1 aliphatic heterocycles. The van der Waals surface area contributed by atoms with Crippen molar-refractivity contribution in [2.45, 2.75) is 32.7 Å². The van der Waals surface area contributed by atoms with Crippen molar-refractivity contribution in [3.63, 3.8) is 0 Å². The van der Waals surface area contributed by atoms with Crippen molar-refractivity contribution in [3.8, 4) is 34.3 Å². The maximum Gasteiger partial charge on any atom is 0.339 e. The van der Waals surface area contributed by atoms with Crippen molar-refractivity contribution >= 4 is 32.9 Å². The highest BCUT2D eigenvalue weighted by molar-refractivity contribution is 5.86. The van der Waals surface area contributed by atoms with Crippen LogP contribution in [0.1, 0.15) is 46.6 Å². The summed E-state index contributed by atoms with van der Waals surface area (Å²) in [5.74, 6) is 0.821. The van der Waals surface area contributed by atoms with Crippen LogP contribution in [0.15, 0.2) is 134 Å². The van der Waals surface area contributed by atoms with Crippen LogP contribution in [0.4, 0.5) is 0 Å². The van der Waals surface area contributed by atoms with Crippen LogP contribution in [0.3, 0.4) is 0 Å². The summed E-state index contributed by atoms with van der Waals surface area (Å²) in [5.41, 5.74) is 1.51. The van der Waals surface area contributed by atoms with Crippen LogP contribution < -0.4 is 32.0 Å². The smallest absolute Gasteiger partial charge is 0.339 e. The summed E-state index contributed by atoms with van der Waals surface area (Å²) in [6, 6.07) is 25.0. The van der Waals surface area contributed by atoms with Crippen molar-refractivity contribution in [2.75, 3.05) is 6.61 Å². The van der Waals surface area contributed by atoms with Crippen LogP contribution in [0.25, 0.3) is 44.2 Å². The van der Waals surface area contributed by atoms with Gasteiger partial charge in [0, 0.05) is 52.4 Å². The second-order valence-corrected chi connectivity index (χ2v) is 13.5. The third kappa shape index (κ3) is 6.70. The maximum absolute atomic E-state index is 13.8. The predicted molar refractivity (Wildman–Crippen MR) is 206 cm³/mol. The molecule has 8 aromatic rings. The van der Waals surface area contributed by atoms with Crippen molar-refractivity contribution in [1.29, 1.82) is 0 Å². The van der Waals surface area contributed by atoms with Gasteiger partial charge in [-0.15, -0.1) is 0 Å². The van der Waals surface area contributed by atoms with E-state index < -0.39 is 28.8 Å². The van der Waals surface area contributed by atoms with E-state index >= 15 is 0 Å². The molecule has 2 N–H and O–H groups in total. The molecule has 4 aromatic carbocycles. The van der Waals surface area contributed by atoms with Gasteiger partial charge in [-0.1, -0.05) is 18.2 Å². The minimum absolute atomic E-state index is 0.0437. The molecule has 0 saturated heterocycles. The van der Waals surface area contributed by atoms with Gasteiger partial charge in [-0.2, -0.15) is 0 Å². The molecular formula is C44H30O13. The van der Waals surface area contributed by atoms with E-state index in [0.717, 1.165) is 5.56 Å². The number of phenolic OH excluding ortho intramolecular Hbond substituents is 2. The molecule has 1 aliphatic rings. The number of aromatic hydroxyl groups is 2. The van der Waals surface area contributed by atoms with Gasteiger partial charge >= 0.3 is 22.5 Å². The van der Waals surface area contributed by atoms with E-state index in [0.29, 0.717) is 62.1 Å². The molecule has 0 spiro atoms. The molecule has 0 fully saturated rings. The lowest BCUT2D eigenvalue weighted by molar-refractivity contribution is -0.0952. The molecule has 0 aliphatic carbocycles. The number of ether oxygens (including phenoxy) is 3. The molecule has 13 heteroatoms. The van der Waals surface area contributed by atoms with E-state index in [9.17, 15) is 29.4 Å². The van der Waals surface area contributed by atoms with E-state index in [1.54, 1.807) is 48.5 Å². The molecule has 0 bridgehead atoms. The Morgan fingerprint density at radius 1 is 0.632 bits per heavy atom. The largest absolute Gasteiger partial charge is 0.508 e. The fourth-order valence-corrected chi connectivity index (χ4v) is 7.24. The third-order valence-electron chi connectivity index (χ3n) is 9.74. The van der Waals surface area contributed by atoms with Crippen molar-refractivity contribution in [3.05, 3.63) is 172 Å².